The van der Waals surface area contributed by atoms with Crippen LogP contribution in [0.4, 0.5) is 0 Å². The van der Waals surface area contributed by atoms with Crippen molar-refractivity contribution in [1.82, 2.24) is 4.90 Å². The summed E-state index contributed by atoms with van der Waals surface area (Å²) < 4.78 is 0. The molecule has 1 heteroatoms. The Morgan fingerprint density at radius 3 is 2.80 bits per heavy atom. The summed E-state index contributed by atoms with van der Waals surface area (Å²) in [5.41, 5.74) is 0. The minimum absolute atomic E-state index is 0.877. The largest absolute Gasteiger partial charge is 0.297 e. The molecule has 2 heterocycles. The molecule has 2 saturated heterocycles. The molecule has 2 rings (SSSR count). The van der Waals surface area contributed by atoms with Crippen LogP contribution in [0.25, 0.3) is 0 Å². The predicted molar refractivity (Wildman–Crippen MR) is 43.0 cm³/mol. The Morgan fingerprint density at radius 1 is 1.30 bits per heavy atom. The van der Waals surface area contributed by atoms with Crippen LogP contribution in [0, 0.1) is 5.92 Å². The molecule has 0 bridgehead atoms. The van der Waals surface area contributed by atoms with E-state index in [1.165, 1.54) is 25.8 Å². The molecule has 0 spiro atoms. The van der Waals surface area contributed by atoms with E-state index in [1.807, 2.05) is 0 Å². The van der Waals surface area contributed by atoms with Crippen LogP contribution in [0.3, 0.4) is 0 Å². The number of fused-ring (bicyclic) bond motifs is 1. The van der Waals surface area contributed by atoms with Crippen LogP contribution < -0.4 is 0 Å². The summed E-state index contributed by atoms with van der Waals surface area (Å²) in [6.07, 6.45) is 4.34. The molecule has 0 amide bonds. The smallest absolute Gasteiger partial charge is 0.0125 e. The van der Waals surface area contributed by atoms with E-state index in [1.54, 1.807) is 0 Å². The molecule has 2 fully saturated rings. The van der Waals surface area contributed by atoms with Crippen molar-refractivity contribution in [2.24, 2.45) is 5.92 Å². The van der Waals surface area contributed by atoms with Gasteiger partial charge in [0.25, 0.3) is 0 Å². The molecule has 3 unspecified atom stereocenters. The molecule has 0 aromatic carbocycles. The lowest BCUT2D eigenvalue weighted by molar-refractivity contribution is 0.248. The van der Waals surface area contributed by atoms with Gasteiger partial charge in [-0.15, -0.1) is 0 Å². The van der Waals surface area contributed by atoms with Crippen LogP contribution in [-0.4, -0.2) is 23.5 Å². The van der Waals surface area contributed by atoms with Gasteiger partial charge in [-0.3, -0.25) is 4.90 Å². The average Bonchev–Trinajstić information content (AvgIpc) is 2.39. The molecule has 1 nitrogen and oxygen atoms in total. The van der Waals surface area contributed by atoms with Crippen LogP contribution in [0.15, 0.2) is 0 Å². The molecule has 2 aliphatic rings. The van der Waals surface area contributed by atoms with Crippen molar-refractivity contribution in [2.45, 2.75) is 45.2 Å². The SMILES string of the molecule is CC1CC(C)N2CCCC12. The molecule has 0 radical (unpaired) electrons. The van der Waals surface area contributed by atoms with Crippen molar-refractivity contribution in [2.75, 3.05) is 6.54 Å². The van der Waals surface area contributed by atoms with Gasteiger partial charge in [0.05, 0.1) is 0 Å². The van der Waals surface area contributed by atoms with Crippen molar-refractivity contribution < 1.29 is 0 Å². The van der Waals surface area contributed by atoms with Crippen molar-refractivity contribution in [3.8, 4) is 0 Å². The normalized spacial score (nSPS) is 48.0. The third-order valence-corrected chi connectivity index (χ3v) is 3.28. The van der Waals surface area contributed by atoms with Gasteiger partial charge in [-0.1, -0.05) is 6.92 Å². The van der Waals surface area contributed by atoms with E-state index in [-0.39, 0.29) is 0 Å². The summed E-state index contributed by atoms with van der Waals surface area (Å²) in [5, 5.41) is 0. The molecular weight excluding hydrogens is 122 g/mol. The molecular formula is C9H17N. The fourth-order valence-electron chi connectivity index (χ4n) is 2.80. The Bertz CT molecular complexity index is 119. The molecule has 10 heavy (non-hydrogen) atoms. The summed E-state index contributed by atoms with van der Waals surface area (Å²) in [7, 11) is 0. The van der Waals surface area contributed by atoms with E-state index in [0.29, 0.717) is 0 Å². The molecule has 0 aromatic heterocycles. The van der Waals surface area contributed by atoms with Crippen LogP contribution >= 0.6 is 0 Å². The highest BCUT2D eigenvalue weighted by Crippen LogP contribution is 2.36. The van der Waals surface area contributed by atoms with E-state index < -0.39 is 0 Å². The van der Waals surface area contributed by atoms with Crippen LogP contribution in [0.1, 0.15) is 33.1 Å². The summed E-state index contributed by atoms with van der Waals surface area (Å²) in [6.45, 7) is 6.16. The highest BCUT2D eigenvalue weighted by atomic mass is 15.2. The summed E-state index contributed by atoms with van der Waals surface area (Å²) >= 11 is 0. The van der Waals surface area contributed by atoms with Crippen molar-refractivity contribution in [3.05, 3.63) is 0 Å². The first-order chi connectivity index (χ1) is 4.79. The summed E-state index contributed by atoms with van der Waals surface area (Å²) in [6, 6.07) is 1.83. The highest BCUT2D eigenvalue weighted by molar-refractivity contribution is 4.93. The van der Waals surface area contributed by atoms with Gasteiger partial charge in [-0.25, -0.2) is 0 Å². The Hall–Kier alpha value is -0.0400. The van der Waals surface area contributed by atoms with Crippen molar-refractivity contribution in [1.29, 1.82) is 0 Å². The average molecular weight is 139 g/mol. The maximum Gasteiger partial charge on any atom is 0.0125 e. The standard InChI is InChI=1S/C9H17N/c1-7-6-8(2)10-5-3-4-9(7)10/h7-9H,3-6H2,1-2H3. The summed E-state index contributed by atoms with van der Waals surface area (Å²) in [5.74, 6) is 0.970. The topological polar surface area (TPSA) is 3.24 Å². The third kappa shape index (κ3) is 0.800. The van der Waals surface area contributed by atoms with Crippen LogP contribution in [0.5, 0.6) is 0 Å². The maximum atomic E-state index is 2.70. The lowest BCUT2D eigenvalue weighted by Gasteiger charge is -2.20. The van der Waals surface area contributed by atoms with Crippen molar-refractivity contribution >= 4 is 0 Å². The molecule has 0 saturated carbocycles. The van der Waals surface area contributed by atoms with Gasteiger partial charge in [0, 0.05) is 12.1 Å². The molecule has 2 aliphatic heterocycles. The lowest BCUT2D eigenvalue weighted by atomic mass is 9.99. The number of rotatable bonds is 0. The second-order valence-corrected chi connectivity index (χ2v) is 4.01. The minimum Gasteiger partial charge on any atom is -0.297 e. The van der Waals surface area contributed by atoms with E-state index in [0.717, 1.165) is 18.0 Å². The molecule has 58 valence electrons. The Labute approximate surface area is 63.4 Å². The lowest BCUT2D eigenvalue weighted by Crippen LogP contribution is -2.29. The first-order valence-electron chi connectivity index (χ1n) is 4.55. The zero-order chi connectivity index (χ0) is 7.14. The summed E-state index contributed by atoms with van der Waals surface area (Å²) in [4.78, 5) is 2.70. The molecule has 0 N–H and O–H groups in total. The Kier molecular flexibility index (Phi) is 1.48. The van der Waals surface area contributed by atoms with Gasteiger partial charge < -0.3 is 0 Å². The zero-order valence-corrected chi connectivity index (χ0v) is 7.01. The zero-order valence-electron chi connectivity index (χ0n) is 7.01. The van der Waals surface area contributed by atoms with Gasteiger partial charge in [-0.2, -0.15) is 0 Å². The van der Waals surface area contributed by atoms with Crippen LogP contribution in [0.2, 0.25) is 0 Å². The predicted octanol–water partition coefficient (Wildman–Crippen LogP) is 1.88. The maximum absolute atomic E-state index is 2.70. The second-order valence-electron chi connectivity index (χ2n) is 4.01. The van der Waals surface area contributed by atoms with Gasteiger partial charge in [0.15, 0.2) is 0 Å². The number of nitrogens with zero attached hydrogens (tertiary/aromatic N) is 1. The van der Waals surface area contributed by atoms with Gasteiger partial charge in [0.1, 0.15) is 0 Å². The molecule has 0 aliphatic carbocycles. The first kappa shape index (κ1) is 6.66. The van der Waals surface area contributed by atoms with E-state index >= 15 is 0 Å². The fraction of sp³-hybridized carbons (Fsp3) is 1.00. The number of hydrogen-bond acceptors (Lipinski definition) is 1. The third-order valence-electron chi connectivity index (χ3n) is 3.28. The van der Waals surface area contributed by atoms with Gasteiger partial charge in [-0.05, 0) is 38.6 Å². The molecule has 0 aromatic rings. The van der Waals surface area contributed by atoms with Crippen molar-refractivity contribution in [3.63, 3.8) is 0 Å². The van der Waals surface area contributed by atoms with Crippen LogP contribution in [-0.2, 0) is 0 Å². The van der Waals surface area contributed by atoms with E-state index in [2.05, 4.69) is 18.7 Å². The quantitative estimate of drug-likeness (QED) is 0.495. The fourth-order valence-corrected chi connectivity index (χ4v) is 2.80. The van der Waals surface area contributed by atoms with E-state index in [9.17, 15) is 0 Å². The highest BCUT2D eigenvalue weighted by Gasteiger charge is 2.38. The van der Waals surface area contributed by atoms with E-state index in [4.69, 9.17) is 0 Å². The molecule has 3 atom stereocenters. The second kappa shape index (κ2) is 2.23. The van der Waals surface area contributed by atoms with Gasteiger partial charge in [0.2, 0.25) is 0 Å². The Balaban J connectivity index is 2.11. The minimum atomic E-state index is 0.877. The number of hydrogen-bond donors (Lipinski definition) is 0. The Morgan fingerprint density at radius 2 is 2.10 bits per heavy atom. The monoisotopic (exact) mass is 139 g/mol. The van der Waals surface area contributed by atoms with Gasteiger partial charge >= 0.3 is 0 Å². The first-order valence-corrected chi connectivity index (χ1v) is 4.55.